The van der Waals surface area contributed by atoms with Crippen molar-refractivity contribution in [3.63, 3.8) is 0 Å². The van der Waals surface area contributed by atoms with Crippen molar-refractivity contribution in [3.05, 3.63) is 70.9 Å². The summed E-state index contributed by atoms with van der Waals surface area (Å²) in [6, 6.07) is 16.3. The molecule has 0 aliphatic rings. The van der Waals surface area contributed by atoms with Gasteiger partial charge in [0.25, 0.3) is 5.91 Å². The molecule has 0 fully saturated rings. The second-order valence-electron chi connectivity index (χ2n) is 5.09. The van der Waals surface area contributed by atoms with E-state index in [0.717, 1.165) is 11.1 Å². The number of para-hydroxylation sites is 1. The maximum Gasteiger partial charge on any atom is 0.289 e. The molecule has 6 nitrogen and oxygen atoms in total. The van der Waals surface area contributed by atoms with Crippen LogP contribution in [0.15, 0.2) is 59.7 Å². The Balaban J connectivity index is 1.70. The fraction of sp³-hybridized carbons (Fsp3) is 0.0556. The molecule has 0 radical (unpaired) electrons. The molecule has 126 valence electrons. The minimum absolute atomic E-state index is 0.284. The van der Waals surface area contributed by atoms with Crippen molar-refractivity contribution in [1.82, 2.24) is 15.6 Å². The van der Waals surface area contributed by atoms with E-state index in [1.807, 2.05) is 42.5 Å². The van der Waals surface area contributed by atoms with Gasteiger partial charge >= 0.3 is 0 Å². The molecule has 1 heterocycles. The van der Waals surface area contributed by atoms with Gasteiger partial charge in [0.1, 0.15) is 11.4 Å². The van der Waals surface area contributed by atoms with Gasteiger partial charge in [0, 0.05) is 11.1 Å². The van der Waals surface area contributed by atoms with Crippen LogP contribution in [0, 0.1) is 0 Å². The molecule has 25 heavy (non-hydrogen) atoms. The third kappa shape index (κ3) is 3.87. The standard InChI is InChI=1S/C18H15ClN4O2/c1-25-17-9-5-2-6-12(17)11-20-23-18(24)16-10-15(21-22-16)13-7-3-4-8-14(13)19/h2-11H,1H3,(H,21,22)(H,23,24)/b20-11+. The number of ether oxygens (including phenoxy) is 1. The summed E-state index contributed by atoms with van der Waals surface area (Å²) in [5, 5.41) is 11.3. The van der Waals surface area contributed by atoms with Crippen molar-refractivity contribution in [2.75, 3.05) is 7.11 Å². The van der Waals surface area contributed by atoms with Gasteiger partial charge in [0.15, 0.2) is 0 Å². The molecule has 0 spiro atoms. The zero-order valence-electron chi connectivity index (χ0n) is 13.4. The highest BCUT2D eigenvalue weighted by molar-refractivity contribution is 6.33. The summed E-state index contributed by atoms with van der Waals surface area (Å²) >= 11 is 6.14. The van der Waals surface area contributed by atoms with Gasteiger partial charge < -0.3 is 4.74 Å². The van der Waals surface area contributed by atoms with E-state index < -0.39 is 5.91 Å². The average molecular weight is 355 g/mol. The molecule has 0 unspecified atom stereocenters. The maximum absolute atomic E-state index is 12.2. The number of aromatic amines is 1. The molecule has 0 aliphatic carbocycles. The van der Waals surface area contributed by atoms with Crippen LogP contribution in [0.1, 0.15) is 16.1 Å². The summed E-state index contributed by atoms with van der Waals surface area (Å²) in [6.45, 7) is 0. The van der Waals surface area contributed by atoms with Crippen LogP contribution in [-0.2, 0) is 0 Å². The Morgan fingerprint density at radius 1 is 1.24 bits per heavy atom. The van der Waals surface area contributed by atoms with Gasteiger partial charge in [-0.05, 0) is 24.3 Å². The lowest BCUT2D eigenvalue weighted by Gasteiger charge is -2.02. The van der Waals surface area contributed by atoms with E-state index in [-0.39, 0.29) is 5.69 Å². The van der Waals surface area contributed by atoms with Crippen LogP contribution in [0.3, 0.4) is 0 Å². The predicted octanol–water partition coefficient (Wildman–Crippen LogP) is 3.50. The van der Waals surface area contributed by atoms with Gasteiger partial charge in [0.05, 0.1) is 24.0 Å². The first-order chi connectivity index (χ1) is 12.2. The molecule has 0 saturated carbocycles. The summed E-state index contributed by atoms with van der Waals surface area (Å²) in [6.07, 6.45) is 1.52. The highest BCUT2D eigenvalue weighted by atomic mass is 35.5. The monoisotopic (exact) mass is 354 g/mol. The molecule has 2 aromatic carbocycles. The first-order valence-electron chi connectivity index (χ1n) is 7.46. The number of methoxy groups -OCH3 is 1. The number of carbonyl (C=O) groups excluding carboxylic acids is 1. The average Bonchev–Trinajstić information content (AvgIpc) is 3.12. The Hall–Kier alpha value is -3.12. The quantitative estimate of drug-likeness (QED) is 0.543. The number of nitrogens with zero attached hydrogens (tertiary/aromatic N) is 2. The fourth-order valence-electron chi connectivity index (χ4n) is 2.24. The van der Waals surface area contributed by atoms with Gasteiger partial charge in [-0.1, -0.05) is 41.9 Å². The molecular weight excluding hydrogens is 340 g/mol. The second-order valence-corrected chi connectivity index (χ2v) is 5.49. The highest BCUT2D eigenvalue weighted by Gasteiger charge is 2.12. The summed E-state index contributed by atoms with van der Waals surface area (Å²) in [4.78, 5) is 12.2. The normalized spacial score (nSPS) is 10.8. The smallest absolute Gasteiger partial charge is 0.289 e. The molecule has 0 saturated heterocycles. The van der Waals surface area contributed by atoms with E-state index in [1.165, 1.54) is 6.21 Å². The number of nitrogens with one attached hydrogen (secondary N) is 2. The van der Waals surface area contributed by atoms with E-state index in [4.69, 9.17) is 16.3 Å². The van der Waals surface area contributed by atoms with Crippen LogP contribution in [0.5, 0.6) is 5.75 Å². The number of amides is 1. The van der Waals surface area contributed by atoms with E-state index in [0.29, 0.717) is 16.5 Å². The topological polar surface area (TPSA) is 79.4 Å². The third-order valence-electron chi connectivity index (χ3n) is 3.48. The Morgan fingerprint density at radius 3 is 2.80 bits per heavy atom. The molecule has 2 N–H and O–H groups in total. The van der Waals surface area contributed by atoms with E-state index >= 15 is 0 Å². The zero-order chi connectivity index (χ0) is 17.6. The van der Waals surface area contributed by atoms with Crippen molar-refractivity contribution in [2.24, 2.45) is 5.10 Å². The van der Waals surface area contributed by atoms with E-state index in [9.17, 15) is 4.79 Å². The number of hydrazone groups is 1. The first-order valence-corrected chi connectivity index (χ1v) is 7.83. The maximum atomic E-state index is 12.2. The number of halogens is 1. The lowest BCUT2D eigenvalue weighted by atomic mass is 10.1. The van der Waals surface area contributed by atoms with Crippen LogP contribution in [0.25, 0.3) is 11.3 Å². The van der Waals surface area contributed by atoms with Crippen LogP contribution >= 0.6 is 11.6 Å². The predicted molar refractivity (Wildman–Crippen MR) is 97.1 cm³/mol. The highest BCUT2D eigenvalue weighted by Crippen LogP contribution is 2.26. The zero-order valence-corrected chi connectivity index (χ0v) is 14.1. The van der Waals surface area contributed by atoms with Gasteiger partial charge in [-0.25, -0.2) is 5.43 Å². The molecule has 0 bridgehead atoms. The summed E-state index contributed by atoms with van der Waals surface area (Å²) in [5.41, 5.74) is 4.82. The Morgan fingerprint density at radius 2 is 2.00 bits per heavy atom. The number of hydrogen-bond donors (Lipinski definition) is 2. The Kier molecular flexibility index (Phi) is 5.11. The minimum Gasteiger partial charge on any atom is -0.496 e. The van der Waals surface area contributed by atoms with E-state index in [2.05, 4.69) is 20.7 Å². The number of carbonyl (C=O) groups is 1. The third-order valence-corrected chi connectivity index (χ3v) is 3.81. The molecule has 3 rings (SSSR count). The SMILES string of the molecule is COc1ccccc1/C=N/NC(=O)c1cc(-c2ccccc2Cl)n[nH]1. The summed E-state index contributed by atoms with van der Waals surface area (Å²) < 4.78 is 5.22. The molecule has 3 aromatic rings. The summed E-state index contributed by atoms with van der Waals surface area (Å²) in [7, 11) is 1.58. The summed E-state index contributed by atoms with van der Waals surface area (Å²) in [5.74, 6) is 0.264. The second kappa shape index (κ2) is 7.63. The Labute approximate surface area is 149 Å². The first kappa shape index (κ1) is 16.7. The molecule has 1 aromatic heterocycles. The fourth-order valence-corrected chi connectivity index (χ4v) is 2.47. The number of benzene rings is 2. The van der Waals surface area contributed by atoms with Crippen LogP contribution in [-0.4, -0.2) is 29.4 Å². The van der Waals surface area contributed by atoms with Crippen molar-refractivity contribution in [2.45, 2.75) is 0 Å². The largest absolute Gasteiger partial charge is 0.496 e. The number of H-pyrrole nitrogens is 1. The van der Waals surface area contributed by atoms with Crippen molar-refractivity contribution >= 4 is 23.7 Å². The van der Waals surface area contributed by atoms with Gasteiger partial charge in [-0.2, -0.15) is 10.2 Å². The van der Waals surface area contributed by atoms with Crippen LogP contribution in [0.4, 0.5) is 0 Å². The number of rotatable bonds is 5. The minimum atomic E-state index is -0.406. The molecule has 7 heteroatoms. The van der Waals surface area contributed by atoms with Crippen LogP contribution in [0.2, 0.25) is 5.02 Å². The Bertz CT molecular complexity index is 921. The van der Waals surface area contributed by atoms with Crippen molar-refractivity contribution in [3.8, 4) is 17.0 Å². The lowest BCUT2D eigenvalue weighted by molar-refractivity contribution is 0.0950. The lowest BCUT2D eigenvalue weighted by Crippen LogP contribution is -2.18. The number of aromatic nitrogens is 2. The van der Waals surface area contributed by atoms with Crippen LogP contribution < -0.4 is 10.2 Å². The van der Waals surface area contributed by atoms with Gasteiger partial charge in [-0.3, -0.25) is 9.89 Å². The van der Waals surface area contributed by atoms with Gasteiger partial charge in [-0.15, -0.1) is 0 Å². The molecule has 0 atom stereocenters. The van der Waals surface area contributed by atoms with E-state index in [1.54, 1.807) is 19.2 Å². The molecular formula is C18H15ClN4O2. The molecule has 1 amide bonds. The van der Waals surface area contributed by atoms with Crippen molar-refractivity contribution in [1.29, 1.82) is 0 Å². The number of hydrogen-bond acceptors (Lipinski definition) is 4. The molecule has 0 aliphatic heterocycles. The van der Waals surface area contributed by atoms with Crippen molar-refractivity contribution < 1.29 is 9.53 Å². The van der Waals surface area contributed by atoms with Gasteiger partial charge in [0.2, 0.25) is 0 Å².